The van der Waals surface area contributed by atoms with Gasteiger partial charge in [-0.1, -0.05) is 18.2 Å². The molecule has 1 saturated heterocycles. The predicted molar refractivity (Wildman–Crippen MR) is 148 cm³/mol. The molecule has 0 radical (unpaired) electrons. The molecule has 2 aromatic carbocycles. The summed E-state index contributed by atoms with van der Waals surface area (Å²) in [6.07, 6.45) is 9.07. The Hall–Kier alpha value is -4.24. The van der Waals surface area contributed by atoms with Crippen LogP contribution in [-0.2, 0) is 4.74 Å². The molecule has 1 unspecified atom stereocenters. The molecule has 7 rings (SSSR count). The van der Waals surface area contributed by atoms with Crippen molar-refractivity contribution >= 4 is 39.5 Å². The Labute approximate surface area is 220 Å². The standard InChI is InChI=1S/C29H29N7O2/c1-37-24-7-3-2-6-21(24)20-13-14-30-23-12-11-19(16-22(20)23)33-29-34-27(32-18-9-10-18)26-28(35-29)36(17-31-26)25-8-4-5-15-38-25/h2-3,6-7,11-14,16-18,25H,4-5,8-10,15H2,1H3,(H2,32,33,34,35). The number of benzene rings is 2. The lowest BCUT2D eigenvalue weighted by atomic mass is 10.00. The van der Waals surface area contributed by atoms with E-state index < -0.39 is 0 Å². The van der Waals surface area contributed by atoms with Crippen LogP contribution in [0.15, 0.2) is 61.1 Å². The summed E-state index contributed by atoms with van der Waals surface area (Å²) in [6.45, 7) is 0.757. The Morgan fingerprint density at radius 1 is 0.974 bits per heavy atom. The number of methoxy groups -OCH3 is 1. The first-order chi connectivity index (χ1) is 18.8. The van der Waals surface area contributed by atoms with Crippen LogP contribution in [-0.4, -0.2) is 44.3 Å². The summed E-state index contributed by atoms with van der Waals surface area (Å²) >= 11 is 0. The number of pyridine rings is 1. The highest BCUT2D eigenvalue weighted by atomic mass is 16.5. The maximum Gasteiger partial charge on any atom is 0.231 e. The maximum atomic E-state index is 6.05. The van der Waals surface area contributed by atoms with E-state index in [1.807, 2.05) is 53.5 Å². The molecule has 0 bridgehead atoms. The Balaban J connectivity index is 1.29. The van der Waals surface area contributed by atoms with Gasteiger partial charge in [0.05, 0.1) is 19.0 Å². The van der Waals surface area contributed by atoms with Crippen molar-refractivity contribution in [2.24, 2.45) is 0 Å². The molecule has 9 nitrogen and oxygen atoms in total. The molecule has 0 spiro atoms. The van der Waals surface area contributed by atoms with Gasteiger partial charge in [0.25, 0.3) is 0 Å². The Kier molecular flexibility index (Phi) is 5.77. The van der Waals surface area contributed by atoms with E-state index in [1.165, 1.54) is 0 Å². The maximum absolute atomic E-state index is 6.05. The molecule has 1 saturated carbocycles. The second-order valence-electron chi connectivity index (χ2n) is 9.88. The van der Waals surface area contributed by atoms with Gasteiger partial charge in [0.1, 0.15) is 12.0 Å². The van der Waals surface area contributed by atoms with Crippen molar-refractivity contribution in [1.29, 1.82) is 0 Å². The lowest BCUT2D eigenvalue weighted by Crippen LogP contribution is -2.18. The molecular formula is C29H29N7O2. The van der Waals surface area contributed by atoms with E-state index in [2.05, 4.69) is 32.7 Å². The third-order valence-corrected chi connectivity index (χ3v) is 7.20. The van der Waals surface area contributed by atoms with Gasteiger partial charge >= 0.3 is 0 Å². The Morgan fingerprint density at radius 3 is 2.74 bits per heavy atom. The highest BCUT2D eigenvalue weighted by molar-refractivity contribution is 5.98. The smallest absolute Gasteiger partial charge is 0.231 e. The molecule has 1 atom stereocenters. The summed E-state index contributed by atoms with van der Waals surface area (Å²) in [4.78, 5) is 19.0. The van der Waals surface area contributed by atoms with Crippen molar-refractivity contribution in [2.45, 2.75) is 44.4 Å². The quantitative estimate of drug-likeness (QED) is 0.274. The summed E-state index contributed by atoms with van der Waals surface area (Å²) in [6, 6.07) is 16.6. The highest BCUT2D eigenvalue weighted by Crippen LogP contribution is 2.36. The van der Waals surface area contributed by atoms with Gasteiger partial charge in [-0.05, 0) is 68.0 Å². The van der Waals surface area contributed by atoms with Crippen molar-refractivity contribution < 1.29 is 9.47 Å². The molecule has 2 fully saturated rings. The largest absolute Gasteiger partial charge is 0.496 e. The summed E-state index contributed by atoms with van der Waals surface area (Å²) in [5.41, 5.74) is 5.39. The van der Waals surface area contributed by atoms with Crippen LogP contribution in [0.5, 0.6) is 5.75 Å². The van der Waals surface area contributed by atoms with Crippen LogP contribution in [0.3, 0.4) is 0 Å². The Bertz CT molecular complexity index is 1620. The number of nitrogens with zero attached hydrogens (tertiary/aromatic N) is 5. The van der Waals surface area contributed by atoms with Gasteiger partial charge in [0, 0.05) is 35.5 Å². The zero-order chi connectivity index (χ0) is 25.5. The van der Waals surface area contributed by atoms with Crippen molar-refractivity contribution in [3.63, 3.8) is 0 Å². The normalized spacial score (nSPS) is 17.6. The first-order valence-corrected chi connectivity index (χ1v) is 13.2. The minimum atomic E-state index is -0.0552. The van der Waals surface area contributed by atoms with E-state index in [4.69, 9.17) is 19.4 Å². The third-order valence-electron chi connectivity index (χ3n) is 7.20. The van der Waals surface area contributed by atoms with Crippen LogP contribution in [0.4, 0.5) is 17.5 Å². The first kappa shape index (κ1) is 22.9. The number of hydrogen-bond donors (Lipinski definition) is 2. The van der Waals surface area contributed by atoms with Gasteiger partial charge in [0.15, 0.2) is 17.0 Å². The number of ether oxygens (including phenoxy) is 2. The molecule has 5 aromatic rings. The van der Waals surface area contributed by atoms with E-state index in [0.717, 1.165) is 89.2 Å². The van der Waals surface area contributed by atoms with Crippen LogP contribution >= 0.6 is 0 Å². The van der Waals surface area contributed by atoms with Crippen molar-refractivity contribution in [3.8, 4) is 16.9 Å². The second kappa shape index (κ2) is 9.57. The second-order valence-corrected chi connectivity index (χ2v) is 9.88. The number of rotatable bonds is 7. The van der Waals surface area contributed by atoms with E-state index in [-0.39, 0.29) is 6.23 Å². The summed E-state index contributed by atoms with van der Waals surface area (Å²) in [7, 11) is 1.69. The molecule has 38 heavy (non-hydrogen) atoms. The predicted octanol–water partition coefficient (Wildman–Crippen LogP) is 6.07. The molecule has 0 amide bonds. The topological polar surface area (TPSA) is 99.0 Å². The van der Waals surface area contributed by atoms with E-state index in [9.17, 15) is 0 Å². The molecule has 1 aliphatic carbocycles. The Morgan fingerprint density at radius 2 is 1.89 bits per heavy atom. The fourth-order valence-electron chi connectivity index (χ4n) is 5.10. The SMILES string of the molecule is COc1ccccc1-c1ccnc2ccc(Nc3nc(NC4CC4)c4ncn(C5CCCCO5)c4n3)cc12. The minimum absolute atomic E-state index is 0.0552. The van der Waals surface area contributed by atoms with E-state index >= 15 is 0 Å². The fourth-order valence-corrected chi connectivity index (χ4v) is 5.10. The number of para-hydroxylation sites is 1. The molecule has 1 aliphatic heterocycles. The van der Waals surface area contributed by atoms with Crippen molar-refractivity contribution in [1.82, 2.24) is 24.5 Å². The number of nitrogens with one attached hydrogen (secondary N) is 2. The third kappa shape index (κ3) is 4.28. The van der Waals surface area contributed by atoms with Crippen molar-refractivity contribution in [3.05, 3.63) is 61.1 Å². The lowest BCUT2D eigenvalue weighted by molar-refractivity contribution is -0.0298. The van der Waals surface area contributed by atoms with Crippen molar-refractivity contribution in [2.75, 3.05) is 24.4 Å². The minimum Gasteiger partial charge on any atom is -0.496 e. The molecule has 3 aromatic heterocycles. The van der Waals surface area contributed by atoms with Crippen LogP contribution in [0.2, 0.25) is 0 Å². The molecule has 2 aliphatic rings. The van der Waals surface area contributed by atoms with Crippen LogP contribution in [0, 0.1) is 0 Å². The molecule has 4 heterocycles. The summed E-state index contributed by atoms with van der Waals surface area (Å²) < 4.78 is 13.7. The van der Waals surface area contributed by atoms with E-state index in [1.54, 1.807) is 7.11 Å². The number of aromatic nitrogens is 5. The zero-order valence-electron chi connectivity index (χ0n) is 21.2. The lowest BCUT2D eigenvalue weighted by Gasteiger charge is -2.24. The van der Waals surface area contributed by atoms with Gasteiger partial charge in [-0.15, -0.1) is 0 Å². The van der Waals surface area contributed by atoms with Crippen LogP contribution < -0.4 is 15.4 Å². The zero-order valence-corrected chi connectivity index (χ0v) is 21.2. The number of imidazole rings is 1. The van der Waals surface area contributed by atoms with Gasteiger partial charge in [-0.2, -0.15) is 9.97 Å². The monoisotopic (exact) mass is 507 g/mol. The number of hydrogen-bond acceptors (Lipinski definition) is 8. The highest BCUT2D eigenvalue weighted by Gasteiger charge is 2.26. The summed E-state index contributed by atoms with van der Waals surface area (Å²) in [5.74, 6) is 2.09. The molecule has 2 N–H and O–H groups in total. The van der Waals surface area contributed by atoms with Crippen LogP contribution in [0.1, 0.15) is 38.3 Å². The first-order valence-electron chi connectivity index (χ1n) is 13.2. The average Bonchev–Trinajstić information content (AvgIpc) is 3.68. The average molecular weight is 508 g/mol. The van der Waals surface area contributed by atoms with E-state index in [0.29, 0.717) is 12.0 Å². The molecule has 192 valence electrons. The fraction of sp³-hybridized carbons (Fsp3) is 0.310. The molecule has 9 heteroatoms. The van der Waals surface area contributed by atoms with Gasteiger partial charge in [-0.25, -0.2) is 4.98 Å². The number of anilines is 3. The molecular weight excluding hydrogens is 478 g/mol. The van der Waals surface area contributed by atoms with Gasteiger partial charge in [0.2, 0.25) is 5.95 Å². The van der Waals surface area contributed by atoms with Gasteiger partial charge < -0.3 is 20.1 Å². The van der Waals surface area contributed by atoms with Gasteiger partial charge in [-0.3, -0.25) is 9.55 Å². The number of fused-ring (bicyclic) bond motifs is 2. The van der Waals surface area contributed by atoms with Crippen LogP contribution in [0.25, 0.3) is 33.2 Å². The summed E-state index contributed by atoms with van der Waals surface area (Å²) in [5, 5.41) is 8.00.